The third-order valence-electron chi connectivity index (χ3n) is 6.46. The van der Waals surface area contributed by atoms with Gasteiger partial charge in [-0.3, -0.25) is 13.9 Å². The van der Waals surface area contributed by atoms with Crippen molar-refractivity contribution in [3.8, 4) is 0 Å². The Morgan fingerprint density at radius 3 is 2.33 bits per heavy atom. The van der Waals surface area contributed by atoms with Crippen LogP contribution in [0, 0.1) is 6.92 Å². The Labute approximate surface area is 244 Å². The minimum Gasteiger partial charge on any atom is -0.352 e. The average Bonchev–Trinajstić information content (AvgIpc) is 2.91. The maximum Gasteiger partial charge on any atom is 0.264 e. The molecule has 0 bridgehead atoms. The number of rotatable bonds is 11. The number of hydrogen-bond donors (Lipinski definition) is 1. The molecule has 39 heavy (non-hydrogen) atoms. The summed E-state index contributed by atoms with van der Waals surface area (Å²) in [6, 6.07) is 19.3. The van der Waals surface area contributed by atoms with Crippen LogP contribution in [0.5, 0.6) is 0 Å². The van der Waals surface area contributed by atoms with E-state index in [-0.39, 0.29) is 23.4 Å². The van der Waals surface area contributed by atoms with Crippen LogP contribution in [0.4, 0.5) is 5.69 Å². The summed E-state index contributed by atoms with van der Waals surface area (Å²) in [4.78, 5) is 28.6. The maximum atomic E-state index is 14.0. The van der Waals surface area contributed by atoms with Crippen molar-refractivity contribution in [3.05, 3.63) is 93.4 Å². The SMILES string of the molecule is CCC(C)NC(=O)C(C)N(Cc1cccc(Br)c1)C(=O)CN(c1cc(Cl)ccc1C)S(=O)(=O)c1ccccc1. The molecule has 0 spiro atoms. The normalized spacial score (nSPS) is 12.9. The molecule has 3 rings (SSSR count). The van der Waals surface area contributed by atoms with Crippen molar-refractivity contribution >= 4 is 55.1 Å². The van der Waals surface area contributed by atoms with Crippen LogP contribution in [0.2, 0.25) is 5.02 Å². The molecule has 0 aliphatic heterocycles. The lowest BCUT2D eigenvalue weighted by atomic mass is 10.1. The van der Waals surface area contributed by atoms with Gasteiger partial charge in [-0.2, -0.15) is 0 Å². The summed E-state index contributed by atoms with van der Waals surface area (Å²) < 4.78 is 29.6. The highest BCUT2D eigenvalue weighted by Gasteiger charge is 2.33. The Hall–Kier alpha value is -2.88. The van der Waals surface area contributed by atoms with Gasteiger partial charge in [0.2, 0.25) is 11.8 Å². The van der Waals surface area contributed by atoms with E-state index < -0.39 is 28.5 Å². The number of aryl methyl sites for hydroxylation is 1. The second kappa shape index (κ2) is 13.5. The van der Waals surface area contributed by atoms with Gasteiger partial charge in [0, 0.05) is 22.1 Å². The van der Waals surface area contributed by atoms with Crippen molar-refractivity contribution in [1.29, 1.82) is 0 Å². The molecule has 3 aromatic carbocycles. The second-order valence-electron chi connectivity index (χ2n) is 9.40. The molecule has 0 aliphatic carbocycles. The smallest absolute Gasteiger partial charge is 0.264 e. The molecule has 7 nitrogen and oxygen atoms in total. The quantitative estimate of drug-likeness (QED) is 0.283. The van der Waals surface area contributed by atoms with Gasteiger partial charge in [-0.25, -0.2) is 8.42 Å². The molecule has 3 aromatic rings. The topological polar surface area (TPSA) is 86.8 Å². The highest BCUT2D eigenvalue weighted by atomic mass is 79.9. The first-order valence-electron chi connectivity index (χ1n) is 12.6. The van der Waals surface area contributed by atoms with E-state index in [1.807, 2.05) is 38.1 Å². The van der Waals surface area contributed by atoms with Gasteiger partial charge in [0.25, 0.3) is 10.0 Å². The van der Waals surface area contributed by atoms with E-state index in [4.69, 9.17) is 11.6 Å². The van der Waals surface area contributed by atoms with Gasteiger partial charge in [0.15, 0.2) is 0 Å². The summed E-state index contributed by atoms with van der Waals surface area (Å²) in [5.41, 5.74) is 1.71. The molecule has 2 amide bonds. The van der Waals surface area contributed by atoms with Crippen molar-refractivity contribution in [1.82, 2.24) is 10.2 Å². The Bertz CT molecular complexity index is 1420. The summed E-state index contributed by atoms with van der Waals surface area (Å²) in [5, 5.41) is 3.26. The predicted octanol–water partition coefficient (Wildman–Crippen LogP) is 5.94. The molecule has 10 heteroatoms. The molecule has 2 atom stereocenters. The Balaban J connectivity index is 2.06. The summed E-state index contributed by atoms with van der Waals surface area (Å²) in [5.74, 6) is -0.843. The highest BCUT2D eigenvalue weighted by molar-refractivity contribution is 9.10. The molecule has 1 N–H and O–H groups in total. The first-order valence-corrected chi connectivity index (χ1v) is 15.2. The van der Waals surface area contributed by atoms with Gasteiger partial charge in [-0.1, -0.05) is 70.9 Å². The molecule has 0 aromatic heterocycles. The molecule has 0 saturated carbocycles. The van der Waals surface area contributed by atoms with Crippen molar-refractivity contribution in [3.63, 3.8) is 0 Å². The number of carbonyl (C=O) groups excluding carboxylic acids is 2. The van der Waals surface area contributed by atoms with Gasteiger partial charge < -0.3 is 10.2 Å². The van der Waals surface area contributed by atoms with Crippen LogP contribution in [0.25, 0.3) is 0 Å². The zero-order chi connectivity index (χ0) is 28.7. The minimum atomic E-state index is -4.15. The number of benzene rings is 3. The summed E-state index contributed by atoms with van der Waals surface area (Å²) >= 11 is 9.71. The van der Waals surface area contributed by atoms with Crippen LogP contribution in [0.1, 0.15) is 38.3 Å². The van der Waals surface area contributed by atoms with E-state index in [0.29, 0.717) is 16.3 Å². The summed E-state index contributed by atoms with van der Waals surface area (Å²) in [6.07, 6.45) is 0.731. The molecule has 0 saturated heterocycles. The zero-order valence-corrected chi connectivity index (χ0v) is 25.6. The number of amides is 2. The van der Waals surface area contributed by atoms with E-state index in [0.717, 1.165) is 20.8 Å². The number of anilines is 1. The van der Waals surface area contributed by atoms with Gasteiger partial charge in [0.05, 0.1) is 10.6 Å². The maximum absolute atomic E-state index is 14.0. The molecule has 2 unspecified atom stereocenters. The van der Waals surface area contributed by atoms with Crippen molar-refractivity contribution in [2.24, 2.45) is 0 Å². The number of halogens is 2. The van der Waals surface area contributed by atoms with Crippen molar-refractivity contribution in [2.45, 2.75) is 57.6 Å². The molecule has 0 heterocycles. The van der Waals surface area contributed by atoms with Crippen molar-refractivity contribution < 1.29 is 18.0 Å². The standard InChI is InChI=1S/C29H33BrClN3O4S/c1-5-21(3)32-29(36)22(4)33(18-23-10-9-11-24(30)16-23)28(35)19-34(27-17-25(31)15-14-20(27)2)39(37,38)26-12-7-6-8-13-26/h6-17,21-22H,5,18-19H2,1-4H3,(H,32,36). The van der Waals surface area contributed by atoms with Crippen LogP contribution in [0.15, 0.2) is 82.2 Å². The van der Waals surface area contributed by atoms with Crippen LogP contribution < -0.4 is 9.62 Å². The van der Waals surface area contributed by atoms with E-state index in [1.165, 1.54) is 23.1 Å². The van der Waals surface area contributed by atoms with Crippen LogP contribution in [-0.4, -0.2) is 43.8 Å². The zero-order valence-electron chi connectivity index (χ0n) is 22.4. The fraction of sp³-hybridized carbons (Fsp3) is 0.310. The second-order valence-corrected chi connectivity index (χ2v) is 12.6. The van der Waals surface area contributed by atoms with Gasteiger partial charge in [0.1, 0.15) is 12.6 Å². The summed E-state index contributed by atoms with van der Waals surface area (Å²) in [6.45, 7) is 6.84. The van der Waals surface area contributed by atoms with Crippen LogP contribution in [-0.2, 0) is 26.2 Å². The Morgan fingerprint density at radius 2 is 1.69 bits per heavy atom. The van der Waals surface area contributed by atoms with Crippen LogP contribution >= 0.6 is 27.5 Å². The summed E-state index contributed by atoms with van der Waals surface area (Å²) in [7, 11) is -4.15. The van der Waals surface area contributed by atoms with E-state index in [1.54, 1.807) is 44.2 Å². The van der Waals surface area contributed by atoms with Gasteiger partial charge in [-0.05, 0) is 74.7 Å². The molecule has 0 aliphatic rings. The van der Waals surface area contributed by atoms with E-state index >= 15 is 0 Å². The number of hydrogen-bond acceptors (Lipinski definition) is 4. The van der Waals surface area contributed by atoms with E-state index in [9.17, 15) is 18.0 Å². The van der Waals surface area contributed by atoms with Gasteiger partial charge in [-0.15, -0.1) is 0 Å². The van der Waals surface area contributed by atoms with Crippen molar-refractivity contribution in [2.75, 3.05) is 10.8 Å². The number of carbonyl (C=O) groups is 2. The van der Waals surface area contributed by atoms with E-state index in [2.05, 4.69) is 21.2 Å². The first kappa shape index (κ1) is 30.7. The minimum absolute atomic E-state index is 0.0401. The third kappa shape index (κ3) is 7.84. The number of nitrogens with one attached hydrogen (secondary N) is 1. The molecule has 208 valence electrons. The fourth-order valence-corrected chi connectivity index (χ4v) is 6.07. The molecule has 0 radical (unpaired) electrons. The lowest BCUT2D eigenvalue weighted by Gasteiger charge is -2.33. The lowest BCUT2D eigenvalue weighted by molar-refractivity contribution is -0.139. The number of nitrogens with zero attached hydrogens (tertiary/aromatic N) is 2. The molecular weight excluding hydrogens is 602 g/mol. The predicted molar refractivity (Wildman–Crippen MR) is 159 cm³/mol. The number of sulfonamides is 1. The Kier molecular flexibility index (Phi) is 10.6. The largest absolute Gasteiger partial charge is 0.352 e. The fourth-order valence-electron chi connectivity index (χ4n) is 3.96. The lowest BCUT2D eigenvalue weighted by Crippen LogP contribution is -2.52. The molecule has 0 fully saturated rings. The van der Waals surface area contributed by atoms with Gasteiger partial charge >= 0.3 is 0 Å². The average molecular weight is 635 g/mol. The Morgan fingerprint density at radius 1 is 1.00 bits per heavy atom. The first-order chi connectivity index (χ1) is 18.4. The van der Waals surface area contributed by atoms with Crippen LogP contribution in [0.3, 0.4) is 0 Å². The monoisotopic (exact) mass is 633 g/mol. The third-order valence-corrected chi connectivity index (χ3v) is 8.96. The highest BCUT2D eigenvalue weighted by Crippen LogP contribution is 2.30. The molecular formula is C29H33BrClN3O4S.